The summed E-state index contributed by atoms with van der Waals surface area (Å²) in [6.45, 7) is 14.2. The first-order valence-electron chi connectivity index (χ1n) is 9.93. The minimum absolute atomic E-state index is 0.214. The average Bonchev–Trinajstić information content (AvgIpc) is 3.32. The van der Waals surface area contributed by atoms with Crippen molar-refractivity contribution >= 4 is 30.3 Å². The Bertz CT molecular complexity index is 739. The van der Waals surface area contributed by atoms with Gasteiger partial charge in [-0.3, -0.25) is 0 Å². The Morgan fingerprint density at radius 3 is 2.29 bits per heavy atom. The summed E-state index contributed by atoms with van der Waals surface area (Å²) in [6.07, 6.45) is 1.69. The van der Waals surface area contributed by atoms with Crippen molar-refractivity contribution in [3.05, 3.63) is 28.8 Å². The van der Waals surface area contributed by atoms with Crippen LogP contribution in [0.2, 0.25) is 5.02 Å². The predicted octanol–water partition coefficient (Wildman–Crippen LogP) is 4.54. The smallest absolute Gasteiger partial charge is 0.444 e. The molecular weight excluding hydrogens is 376 g/mol. The van der Waals surface area contributed by atoms with Crippen LogP contribution in [0.25, 0.3) is 0 Å². The van der Waals surface area contributed by atoms with E-state index in [-0.39, 0.29) is 12.1 Å². The third-order valence-electron chi connectivity index (χ3n) is 5.55. The van der Waals surface area contributed by atoms with Gasteiger partial charge in [0.25, 0.3) is 0 Å². The summed E-state index contributed by atoms with van der Waals surface area (Å²) in [4.78, 5) is 14.5. The fraction of sp³-hybridized carbons (Fsp3) is 0.667. The highest BCUT2D eigenvalue weighted by Crippen LogP contribution is 2.37. The molecule has 5 nitrogen and oxygen atoms in total. The molecule has 2 fully saturated rings. The van der Waals surface area contributed by atoms with E-state index >= 15 is 0 Å². The maximum absolute atomic E-state index is 12.7. The number of carbonyl (C=O) groups excluding carboxylic acids is 1. The number of rotatable bonds is 4. The van der Waals surface area contributed by atoms with E-state index in [0.29, 0.717) is 11.6 Å². The van der Waals surface area contributed by atoms with Gasteiger partial charge in [-0.05, 0) is 78.4 Å². The molecule has 1 heterocycles. The summed E-state index contributed by atoms with van der Waals surface area (Å²) in [5.41, 5.74) is 0.422. The Kier molecular flexibility index (Phi) is 5.54. The normalized spacial score (nSPS) is 20.9. The Labute approximate surface area is 173 Å². The molecule has 0 radical (unpaired) electrons. The van der Waals surface area contributed by atoms with Gasteiger partial charge in [-0.15, -0.1) is 0 Å². The van der Waals surface area contributed by atoms with Crippen LogP contribution in [0.5, 0.6) is 0 Å². The summed E-state index contributed by atoms with van der Waals surface area (Å²) >= 11 is 6.46. The summed E-state index contributed by atoms with van der Waals surface area (Å²) < 4.78 is 17.9. The van der Waals surface area contributed by atoms with E-state index in [9.17, 15) is 4.79 Å². The molecule has 0 atom stereocenters. The van der Waals surface area contributed by atoms with Crippen molar-refractivity contribution in [1.29, 1.82) is 0 Å². The van der Waals surface area contributed by atoms with Gasteiger partial charge < -0.3 is 18.9 Å². The van der Waals surface area contributed by atoms with Crippen molar-refractivity contribution < 1.29 is 18.8 Å². The first-order chi connectivity index (χ1) is 12.8. The van der Waals surface area contributed by atoms with Gasteiger partial charge in [-0.1, -0.05) is 23.7 Å². The fourth-order valence-electron chi connectivity index (χ4n) is 3.07. The van der Waals surface area contributed by atoms with E-state index < -0.39 is 23.9 Å². The summed E-state index contributed by atoms with van der Waals surface area (Å²) in [6, 6.07) is 5.95. The Morgan fingerprint density at radius 1 is 1.21 bits per heavy atom. The lowest BCUT2D eigenvalue weighted by Gasteiger charge is -2.32. The lowest BCUT2D eigenvalue weighted by Crippen LogP contribution is -2.41. The van der Waals surface area contributed by atoms with Crippen molar-refractivity contribution in [2.75, 3.05) is 0 Å². The molecule has 1 amide bonds. The summed E-state index contributed by atoms with van der Waals surface area (Å²) in [7, 11) is -0.461. The SMILES string of the molecule is CC(C)(C)OC(=O)N(Cc1cc(B2OC(C)(C)C(C)(C)O2)ccc1Cl)C1CC1. The maximum Gasteiger partial charge on any atom is 0.494 e. The molecule has 28 heavy (non-hydrogen) atoms. The van der Waals surface area contributed by atoms with Crippen LogP contribution in [-0.4, -0.2) is 41.0 Å². The molecule has 1 aliphatic carbocycles. The molecule has 1 aromatic carbocycles. The van der Waals surface area contributed by atoms with Gasteiger partial charge in [0.15, 0.2) is 0 Å². The van der Waals surface area contributed by atoms with Gasteiger partial charge in [0, 0.05) is 11.1 Å². The molecule has 0 N–H and O–H groups in total. The van der Waals surface area contributed by atoms with Crippen LogP contribution in [0.1, 0.15) is 66.9 Å². The predicted molar refractivity (Wildman–Crippen MR) is 112 cm³/mol. The lowest BCUT2D eigenvalue weighted by molar-refractivity contribution is 0.00578. The van der Waals surface area contributed by atoms with E-state index in [1.807, 2.05) is 66.7 Å². The van der Waals surface area contributed by atoms with Crippen molar-refractivity contribution in [2.45, 2.75) is 90.7 Å². The van der Waals surface area contributed by atoms with Crippen LogP contribution in [0.3, 0.4) is 0 Å². The highest BCUT2D eigenvalue weighted by molar-refractivity contribution is 6.62. The van der Waals surface area contributed by atoms with Gasteiger partial charge in [0.05, 0.1) is 17.7 Å². The summed E-state index contributed by atoms with van der Waals surface area (Å²) in [5, 5.41) is 0.620. The van der Waals surface area contributed by atoms with E-state index in [1.165, 1.54) is 0 Å². The zero-order chi connectivity index (χ0) is 20.9. The largest absolute Gasteiger partial charge is 0.494 e. The topological polar surface area (TPSA) is 48.0 Å². The second-order valence-corrected chi connectivity index (χ2v) is 10.2. The van der Waals surface area contributed by atoms with E-state index in [2.05, 4.69) is 0 Å². The van der Waals surface area contributed by atoms with E-state index in [0.717, 1.165) is 23.9 Å². The molecule has 0 aromatic heterocycles. The molecule has 1 saturated carbocycles. The highest BCUT2D eigenvalue weighted by atomic mass is 35.5. The molecule has 154 valence electrons. The number of carbonyl (C=O) groups is 1. The maximum atomic E-state index is 12.7. The fourth-order valence-corrected chi connectivity index (χ4v) is 3.25. The number of benzene rings is 1. The number of hydrogen-bond acceptors (Lipinski definition) is 4. The quantitative estimate of drug-likeness (QED) is 0.688. The minimum atomic E-state index is -0.529. The Hall–Kier alpha value is -1.24. The minimum Gasteiger partial charge on any atom is -0.444 e. The van der Waals surface area contributed by atoms with E-state index in [1.54, 1.807) is 4.90 Å². The van der Waals surface area contributed by atoms with Gasteiger partial charge >= 0.3 is 13.2 Å². The van der Waals surface area contributed by atoms with Crippen molar-refractivity contribution in [2.24, 2.45) is 0 Å². The number of hydrogen-bond donors (Lipinski definition) is 0. The van der Waals surface area contributed by atoms with Crippen LogP contribution in [0.15, 0.2) is 18.2 Å². The molecule has 0 spiro atoms. The molecule has 1 aromatic rings. The van der Waals surface area contributed by atoms with Crippen molar-refractivity contribution in [3.8, 4) is 0 Å². The third kappa shape index (κ3) is 4.66. The average molecular weight is 408 g/mol. The Morgan fingerprint density at radius 2 is 1.79 bits per heavy atom. The first-order valence-corrected chi connectivity index (χ1v) is 10.3. The molecule has 1 aliphatic heterocycles. The van der Waals surface area contributed by atoms with Crippen LogP contribution in [-0.2, 0) is 20.6 Å². The second-order valence-electron chi connectivity index (χ2n) is 9.78. The van der Waals surface area contributed by atoms with Crippen LogP contribution in [0.4, 0.5) is 4.79 Å². The summed E-state index contributed by atoms with van der Waals surface area (Å²) in [5.74, 6) is 0. The van der Waals surface area contributed by atoms with Gasteiger partial charge in [0.2, 0.25) is 0 Å². The number of amides is 1. The molecule has 0 bridgehead atoms. The second kappa shape index (κ2) is 7.23. The lowest BCUT2D eigenvalue weighted by atomic mass is 9.78. The standard InChI is InChI=1S/C21H31BClNO4/c1-19(2,3)26-18(25)24(16-9-10-16)13-14-12-15(8-11-17(14)23)22-27-20(4,5)21(6,7)28-22/h8,11-12,16H,9-10,13H2,1-7H3. The van der Waals surface area contributed by atoms with Crippen molar-refractivity contribution in [1.82, 2.24) is 4.90 Å². The van der Waals surface area contributed by atoms with Gasteiger partial charge in [0.1, 0.15) is 5.60 Å². The highest BCUT2D eigenvalue weighted by Gasteiger charge is 2.51. The van der Waals surface area contributed by atoms with Crippen LogP contribution >= 0.6 is 11.6 Å². The Balaban J connectivity index is 1.81. The van der Waals surface area contributed by atoms with Gasteiger partial charge in [-0.2, -0.15) is 0 Å². The number of ether oxygens (including phenoxy) is 1. The zero-order valence-electron chi connectivity index (χ0n) is 18.0. The number of halogens is 1. The van der Waals surface area contributed by atoms with Crippen LogP contribution < -0.4 is 5.46 Å². The van der Waals surface area contributed by atoms with Crippen LogP contribution in [0, 0.1) is 0 Å². The molecule has 3 rings (SSSR count). The molecule has 7 heteroatoms. The van der Waals surface area contributed by atoms with E-state index in [4.69, 9.17) is 25.6 Å². The molecule has 1 saturated heterocycles. The zero-order valence-corrected chi connectivity index (χ0v) is 18.7. The van der Waals surface area contributed by atoms with Crippen molar-refractivity contribution in [3.63, 3.8) is 0 Å². The van der Waals surface area contributed by atoms with Gasteiger partial charge in [-0.25, -0.2) is 4.79 Å². The number of nitrogens with zero attached hydrogens (tertiary/aromatic N) is 1. The monoisotopic (exact) mass is 407 g/mol. The molecule has 0 unspecified atom stereocenters. The third-order valence-corrected chi connectivity index (χ3v) is 5.92. The first kappa shape index (κ1) is 21.5. The molecular formula is C21H31BClNO4. The molecule has 2 aliphatic rings.